The smallest absolute Gasteiger partial charge is 0.191 e. The van der Waals surface area contributed by atoms with Gasteiger partial charge in [-0.1, -0.05) is 13.8 Å². The molecule has 2 aromatic rings. The first-order chi connectivity index (χ1) is 11.2. The predicted octanol–water partition coefficient (Wildman–Crippen LogP) is 1.16. The number of nitrogens with zero attached hydrogens (tertiary/aromatic N) is 6. The van der Waals surface area contributed by atoms with E-state index in [2.05, 4.69) is 49.3 Å². The number of aromatic nitrogens is 5. The molecule has 8 nitrogen and oxygen atoms in total. The first-order valence-electron chi connectivity index (χ1n) is 8.01. The normalized spacial score (nSPS) is 12.5. The van der Waals surface area contributed by atoms with Crippen molar-refractivity contribution in [1.29, 1.82) is 0 Å². The molecule has 0 aliphatic heterocycles. The van der Waals surface area contributed by atoms with Crippen molar-refractivity contribution in [2.45, 2.75) is 33.4 Å². The second kappa shape index (κ2) is 11.0. The molecule has 0 aliphatic rings. The van der Waals surface area contributed by atoms with Gasteiger partial charge >= 0.3 is 0 Å². The molecular formula is C15H27IN8. The van der Waals surface area contributed by atoms with E-state index in [1.807, 2.05) is 16.9 Å². The van der Waals surface area contributed by atoms with Crippen LogP contribution in [0.15, 0.2) is 29.8 Å². The minimum Gasteiger partial charge on any atom is -0.356 e. The molecule has 0 fully saturated rings. The van der Waals surface area contributed by atoms with E-state index in [0.29, 0.717) is 5.92 Å². The lowest BCUT2D eigenvalue weighted by atomic mass is 10.2. The highest BCUT2D eigenvalue weighted by molar-refractivity contribution is 14.0. The highest BCUT2D eigenvalue weighted by Gasteiger charge is 2.06. The molecule has 0 saturated carbocycles. The zero-order valence-electron chi connectivity index (χ0n) is 14.5. The molecule has 0 aliphatic carbocycles. The van der Waals surface area contributed by atoms with E-state index in [1.165, 1.54) is 0 Å². The molecule has 9 heteroatoms. The maximum Gasteiger partial charge on any atom is 0.191 e. The van der Waals surface area contributed by atoms with Crippen molar-refractivity contribution in [3.8, 4) is 0 Å². The molecule has 24 heavy (non-hydrogen) atoms. The van der Waals surface area contributed by atoms with Gasteiger partial charge in [0, 0.05) is 52.0 Å². The molecule has 0 radical (unpaired) electrons. The largest absolute Gasteiger partial charge is 0.356 e. The number of aryl methyl sites for hydroxylation is 1. The number of halogens is 1. The van der Waals surface area contributed by atoms with Gasteiger partial charge in [-0.25, -0.2) is 0 Å². The fourth-order valence-corrected chi connectivity index (χ4v) is 2.32. The SMILES string of the molecule is CCc1nncn1CCNC(=NC)NCC(C)Cn1cccn1.I. The Kier molecular flexibility index (Phi) is 9.35. The van der Waals surface area contributed by atoms with E-state index in [1.54, 1.807) is 19.6 Å². The van der Waals surface area contributed by atoms with Crippen LogP contribution in [-0.4, -0.2) is 50.6 Å². The van der Waals surface area contributed by atoms with Crippen LogP contribution in [0.3, 0.4) is 0 Å². The lowest BCUT2D eigenvalue weighted by Crippen LogP contribution is -2.41. The van der Waals surface area contributed by atoms with Crippen molar-refractivity contribution in [3.05, 3.63) is 30.6 Å². The zero-order chi connectivity index (χ0) is 16.5. The third kappa shape index (κ3) is 6.46. The Morgan fingerprint density at radius 2 is 2.21 bits per heavy atom. The Balaban J connectivity index is 0.00000288. The van der Waals surface area contributed by atoms with E-state index >= 15 is 0 Å². The van der Waals surface area contributed by atoms with Crippen molar-refractivity contribution in [2.75, 3.05) is 20.1 Å². The summed E-state index contributed by atoms with van der Waals surface area (Å²) in [5, 5.41) is 18.9. The summed E-state index contributed by atoms with van der Waals surface area (Å²) in [6, 6.07) is 1.94. The number of aliphatic imine (C=N–C) groups is 1. The number of nitrogens with one attached hydrogen (secondary N) is 2. The molecule has 2 rings (SSSR count). The van der Waals surface area contributed by atoms with Crippen LogP contribution in [0.25, 0.3) is 0 Å². The van der Waals surface area contributed by atoms with Crippen LogP contribution in [-0.2, 0) is 19.5 Å². The Hall–Kier alpha value is -1.65. The third-order valence-corrected chi connectivity index (χ3v) is 3.56. The molecule has 1 unspecified atom stereocenters. The summed E-state index contributed by atoms with van der Waals surface area (Å²) < 4.78 is 4.00. The molecule has 2 heterocycles. The average molecular weight is 446 g/mol. The summed E-state index contributed by atoms with van der Waals surface area (Å²) in [4.78, 5) is 4.25. The molecule has 1 atom stereocenters. The molecule has 134 valence electrons. The fraction of sp³-hybridized carbons (Fsp3) is 0.600. The summed E-state index contributed by atoms with van der Waals surface area (Å²) in [5.41, 5.74) is 0. The second-order valence-electron chi connectivity index (χ2n) is 5.51. The summed E-state index contributed by atoms with van der Waals surface area (Å²) in [6.45, 7) is 7.59. The van der Waals surface area contributed by atoms with Crippen LogP contribution in [0, 0.1) is 5.92 Å². The Labute approximate surface area is 160 Å². The fourth-order valence-electron chi connectivity index (χ4n) is 2.32. The quantitative estimate of drug-likeness (QED) is 0.361. The Morgan fingerprint density at radius 1 is 1.38 bits per heavy atom. The lowest BCUT2D eigenvalue weighted by molar-refractivity contribution is 0.443. The predicted molar refractivity (Wildman–Crippen MR) is 106 cm³/mol. The molecule has 2 N–H and O–H groups in total. The average Bonchev–Trinajstić information content (AvgIpc) is 3.21. The van der Waals surface area contributed by atoms with Crippen molar-refractivity contribution in [3.63, 3.8) is 0 Å². The van der Waals surface area contributed by atoms with Crippen LogP contribution >= 0.6 is 24.0 Å². The molecule has 0 spiro atoms. The van der Waals surface area contributed by atoms with Gasteiger partial charge in [0.15, 0.2) is 5.96 Å². The van der Waals surface area contributed by atoms with E-state index in [4.69, 9.17) is 0 Å². The second-order valence-corrected chi connectivity index (χ2v) is 5.51. The zero-order valence-corrected chi connectivity index (χ0v) is 16.8. The van der Waals surface area contributed by atoms with Gasteiger partial charge in [0.2, 0.25) is 0 Å². The van der Waals surface area contributed by atoms with Crippen molar-refractivity contribution in [2.24, 2.45) is 10.9 Å². The van der Waals surface area contributed by atoms with E-state index < -0.39 is 0 Å². The van der Waals surface area contributed by atoms with Crippen LogP contribution in [0.1, 0.15) is 19.7 Å². The lowest BCUT2D eigenvalue weighted by Gasteiger charge is -2.16. The van der Waals surface area contributed by atoms with E-state index in [0.717, 1.165) is 44.4 Å². The van der Waals surface area contributed by atoms with Crippen LogP contribution in [0.4, 0.5) is 0 Å². The Bertz CT molecular complexity index is 592. The summed E-state index contributed by atoms with van der Waals surface area (Å²) >= 11 is 0. The minimum atomic E-state index is 0. The van der Waals surface area contributed by atoms with Crippen LogP contribution in [0.2, 0.25) is 0 Å². The molecule has 2 aromatic heterocycles. The number of hydrogen-bond acceptors (Lipinski definition) is 4. The highest BCUT2D eigenvalue weighted by Crippen LogP contribution is 1.98. The summed E-state index contributed by atoms with van der Waals surface area (Å²) in [6.07, 6.45) is 6.44. The summed E-state index contributed by atoms with van der Waals surface area (Å²) in [7, 11) is 1.78. The topological polar surface area (TPSA) is 85.0 Å². The number of rotatable bonds is 8. The molecular weight excluding hydrogens is 419 g/mol. The van der Waals surface area contributed by atoms with Crippen LogP contribution < -0.4 is 10.6 Å². The van der Waals surface area contributed by atoms with Gasteiger partial charge in [-0.3, -0.25) is 9.67 Å². The van der Waals surface area contributed by atoms with Gasteiger partial charge in [0.25, 0.3) is 0 Å². The minimum absolute atomic E-state index is 0. The van der Waals surface area contributed by atoms with Crippen molar-refractivity contribution < 1.29 is 0 Å². The van der Waals surface area contributed by atoms with E-state index in [-0.39, 0.29) is 24.0 Å². The summed E-state index contributed by atoms with van der Waals surface area (Å²) in [5.74, 6) is 2.27. The van der Waals surface area contributed by atoms with Gasteiger partial charge in [-0.05, 0) is 12.0 Å². The molecule has 0 saturated heterocycles. The van der Waals surface area contributed by atoms with Gasteiger partial charge in [-0.15, -0.1) is 34.2 Å². The number of hydrogen-bond donors (Lipinski definition) is 2. The van der Waals surface area contributed by atoms with Crippen LogP contribution in [0.5, 0.6) is 0 Å². The van der Waals surface area contributed by atoms with Crippen molar-refractivity contribution in [1.82, 2.24) is 35.2 Å². The highest BCUT2D eigenvalue weighted by atomic mass is 127. The standard InChI is InChI=1S/C15H26N8.HI/c1-4-14-21-19-12-22(14)9-7-17-15(16-3)18-10-13(2)11-23-8-5-6-20-23;/h5-6,8,12-13H,4,7,9-11H2,1-3H3,(H2,16,17,18);1H. The van der Waals surface area contributed by atoms with E-state index in [9.17, 15) is 0 Å². The molecule has 0 amide bonds. The first kappa shape index (κ1) is 20.4. The van der Waals surface area contributed by atoms with Gasteiger partial charge in [-0.2, -0.15) is 5.10 Å². The maximum absolute atomic E-state index is 4.25. The van der Waals surface area contributed by atoms with Gasteiger partial charge < -0.3 is 15.2 Å². The van der Waals surface area contributed by atoms with Gasteiger partial charge in [0.1, 0.15) is 12.2 Å². The first-order valence-corrected chi connectivity index (χ1v) is 8.01. The molecule has 0 aromatic carbocycles. The Morgan fingerprint density at radius 3 is 2.88 bits per heavy atom. The maximum atomic E-state index is 4.25. The van der Waals surface area contributed by atoms with Crippen molar-refractivity contribution >= 4 is 29.9 Å². The third-order valence-electron chi connectivity index (χ3n) is 3.56. The number of guanidine groups is 1. The monoisotopic (exact) mass is 446 g/mol. The van der Waals surface area contributed by atoms with Gasteiger partial charge in [0.05, 0.1) is 0 Å². The molecule has 0 bridgehead atoms.